The van der Waals surface area contributed by atoms with Crippen molar-refractivity contribution < 1.29 is 0 Å². The predicted molar refractivity (Wildman–Crippen MR) is 70.9 cm³/mol. The summed E-state index contributed by atoms with van der Waals surface area (Å²) in [6.07, 6.45) is 5.65. The van der Waals surface area contributed by atoms with E-state index >= 15 is 0 Å². The molecule has 0 aromatic carbocycles. The van der Waals surface area contributed by atoms with E-state index in [1.54, 1.807) is 0 Å². The van der Waals surface area contributed by atoms with Crippen LogP contribution in [0.3, 0.4) is 0 Å². The zero-order valence-electron chi connectivity index (χ0n) is 11.5. The van der Waals surface area contributed by atoms with Crippen LogP contribution in [0.5, 0.6) is 0 Å². The van der Waals surface area contributed by atoms with Gasteiger partial charge in [0.25, 0.3) is 0 Å². The summed E-state index contributed by atoms with van der Waals surface area (Å²) in [7, 11) is 1.99. The molecule has 1 aromatic rings. The summed E-state index contributed by atoms with van der Waals surface area (Å²) in [6, 6.07) is 2.73. The lowest BCUT2D eigenvalue weighted by Gasteiger charge is -2.19. The Balaban J connectivity index is 1.96. The first kappa shape index (κ1) is 12.6. The molecule has 0 spiro atoms. The fraction of sp³-hybridized carbons (Fsp3) is 0.786. The van der Waals surface area contributed by atoms with Crippen molar-refractivity contribution in [3.8, 4) is 0 Å². The first-order valence-corrected chi connectivity index (χ1v) is 6.75. The zero-order valence-corrected chi connectivity index (χ0v) is 11.5. The lowest BCUT2D eigenvalue weighted by Crippen LogP contribution is -2.35. The third-order valence-corrected chi connectivity index (χ3v) is 3.93. The second-order valence-corrected chi connectivity index (χ2v) is 6.04. The average molecular weight is 235 g/mol. The molecule has 1 aromatic heterocycles. The molecule has 2 unspecified atom stereocenters. The summed E-state index contributed by atoms with van der Waals surface area (Å²) in [5.74, 6) is 0.816. The van der Waals surface area contributed by atoms with E-state index in [0.29, 0.717) is 11.5 Å². The molecule has 0 aliphatic heterocycles. The maximum absolute atomic E-state index is 4.49. The molecular formula is C14H25N3. The van der Waals surface area contributed by atoms with E-state index in [1.165, 1.54) is 18.5 Å². The van der Waals surface area contributed by atoms with Gasteiger partial charge in [0.1, 0.15) is 0 Å². The molecule has 3 nitrogen and oxygen atoms in total. The topological polar surface area (TPSA) is 29.9 Å². The summed E-state index contributed by atoms with van der Waals surface area (Å²) in [5.41, 5.74) is 1.74. The summed E-state index contributed by atoms with van der Waals surface area (Å²) in [5, 5.41) is 8.19. The second kappa shape index (κ2) is 4.81. The molecule has 0 saturated heterocycles. The number of nitrogens with one attached hydrogen (secondary N) is 1. The second-order valence-electron chi connectivity index (χ2n) is 6.04. The van der Waals surface area contributed by atoms with Crippen LogP contribution in [0.2, 0.25) is 0 Å². The van der Waals surface area contributed by atoms with Crippen LogP contribution in [0.15, 0.2) is 12.3 Å². The number of hydrogen-bond donors (Lipinski definition) is 1. The minimum atomic E-state index is 0.528. The summed E-state index contributed by atoms with van der Waals surface area (Å²) in [6.45, 7) is 8.08. The van der Waals surface area contributed by atoms with E-state index in [4.69, 9.17) is 0 Å². The highest BCUT2D eigenvalue weighted by Crippen LogP contribution is 2.53. The van der Waals surface area contributed by atoms with Gasteiger partial charge >= 0.3 is 0 Å². The molecule has 2 rings (SSSR count). The van der Waals surface area contributed by atoms with Crippen LogP contribution in [0, 0.1) is 11.3 Å². The Morgan fingerprint density at radius 1 is 1.59 bits per heavy atom. The molecular weight excluding hydrogens is 210 g/mol. The van der Waals surface area contributed by atoms with Crippen LogP contribution in [0.25, 0.3) is 0 Å². The Hall–Kier alpha value is -0.830. The largest absolute Gasteiger partial charge is 0.313 e. The fourth-order valence-corrected chi connectivity index (χ4v) is 2.68. The van der Waals surface area contributed by atoms with E-state index in [2.05, 4.69) is 37.3 Å². The monoisotopic (exact) mass is 235 g/mol. The van der Waals surface area contributed by atoms with Gasteiger partial charge in [-0.3, -0.25) is 4.68 Å². The van der Waals surface area contributed by atoms with Gasteiger partial charge in [0.05, 0.1) is 5.69 Å². The molecule has 1 aliphatic rings. The van der Waals surface area contributed by atoms with Crippen LogP contribution in [0.1, 0.15) is 39.3 Å². The van der Waals surface area contributed by atoms with Crippen molar-refractivity contribution in [2.45, 2.75) is 46.1 Å². The SMILES string of the molecule is CCCNC(Cc1ccn(C)n1)C1CC1(C)C. The lowest BCUT2D eigenvalue weighted by molar-refractivity contribution is 0.399. The van der Waals surface area contributed by atoms with Gasteiger partial charge in [-0.25, -0.2) is 0 Å². The van der Waals surface area contributed by atoms with Gasteiger partial charge in [-0.1, -0.05) is 20.8 Å². The molecule has 0 bridgehead atoms. The van der Waals surface area contributed by atoms with Gasteiger partial charge in [0.2, 0.25) is 0 Å². The smallest absolute Gasteiger partial charge is 0.0640 e. The maximum Gasteiger partial charge on any atom is 0.0640 e. The van der Waals surface area contributed by atoms with Gasteiger partial charge in [0, 0.05) is 25.7 Å². The van der Waals surface area contributed by atoms with Crippen LogP contribution in [-0.2, 0) is 13.5 Å². The van der Waals surface area contributed by atoms with Gasteiger partial charge in [-0.15, -0.1) is 0 Å². The molecule has 17 heavy (non-hydrogen) atoms. The predicted octanol–water partition coefficient (Wildman–Crippen LogP) is 2.38. The highest BCUT2D eigenvalue weighted by atomic mass is 15.2. The molecule has 0 amide bonds. The van der Waals surface area contributed by atoms with E-state index in [-0.39, 0.29) is 0 Å². The number of rotatable bonds is 6. The third-order valence-electron chi connectivity index (χ3n) is 3.93. The normalized spacial score (nSPS) is 23.6. The van der Waals surface area contributed by atoms with Crippen LogP contribution < -0.4 is 5.32 Å². The summed E-state index contributed by atoms with van der Waals surface area (Å²) >= 11 is 0. The van der Waals surface area contributed by atoms with Gasteiger partial charge in [0.15, 0.2) is 0 Å². The fourth-order valence-electron chi connectivity index (χ4n) is 2.68. The Morgan fingerprint density at radius 2 is 2.29 bits per heavy atom. The number of aromatic nitrogens is 2. The molecule has 3 heteroatoms. The standard InChI is InChI=1S/C14H25N3/c1-5-7-15-13(12-10-14(12,2)3)9-11-6-8-17(4)16-11/h6,8,12-13,15H,5,7,9-10H2,1-4H3. The van der Waals surface area contributed by atoms with Crippen molar-refractivity contribution in [1.82, 2.24) is 15.1 Å². The molecule has 1 heterocycles. The van der Waals surface area contributed by atoms with E-state index < -0.39 is 0 Å². The molecule has 96 valence electrons. The highest BCUT2D eigenvalue weighted by molar-refractivity contribution is 5.08. The first-order chi connectivity index (χ1) is 8.03. The third kappa shape index (κ3) is 3.09. The van der Waals surface area contributed by atoms with Crippen molar-refractivity contribution in [3.05, 3.63) is 18.0 Å². The molecule has 1 fully saturated rings. The Kier molecular flexibility index (Phi) is 3.57. The highest BCUT2D eigenvalue weighted by Gasteiger charge is 2.49. The van der Waals surface area contributed by atoms with Gasteiger partial charge in [-0.05, 0) is 36.8 Å². The van der Waals surface area contributed by atoms with E-state index in [1.807, 2.05) is 17.9 Å². The van der Waals surface area contributed by atoms with Crippen LogP contribution >= 0.6 is 0 Å². The number of nitrogens with zero attached hydrogens (tertiary/aromatic N) is 2. The van der Waals surface area contributed by atoms with Gasteiger partial charge < -0.3 is 5.32 Å². The number of hydrogen-bond acceptors (Lipinski definition) is 2. The summed E-state index contributed by atoms with van der Waals surface area (Å²) < 4.78 is 1.89. The Morgan fingerprint density at radius 3 is 2.76 bits per heavy atom. The van der Waals surface area contributed by atoms with Crippen molar-refractivity contribution >= 4 is 0 Å². The summed E-state index contributed by atoms with van der Waals surface area (Å²) in [4.78, 5) is 0. The molecule has 2 atom stereocenters. The molecule has 1 saturated carbocycles. The number of aryl methyl sites for hydroxylation is 1. The van der Waals surface area contributed by atoms with E-state index in [9.17, 15) is 0 Å². The minimum Gasteiger partial charge on any atom is -0.313 e. The minimum absolute atomic E-state index is 0.528. The quantitative estimate of drug-likeness (QED) is 0.820. The zero-order chi connectivity index (χ0) is 12.5. The van der Waals surface area contributed by atoms with Crippen LogP contribution in [0.4, 0.5) is 0 Å². The van der Waals surface area contributed by atoms with Crippen molar-refractivity contribution in [2.24, 2.45) is 18.4 Å². The lowest BCUT2D eigenvalue weighted by atomic mass is 10.00. The Labute approximate surface area is 105 Å². The van der Waals surface area contributed by atoms with Crippen molar-refractivity contribution in [1.29, 1.82) is 0 Å². The van der Waals surface area contributed by atoms with Crippen molar-refractivity contribution in [2.75, 3.05) is 6.54 Å². The average Bonchev–Trinajstić information content (AvgIpc) is 2.69. The Bertz CT molecular complexity index is 367. The molecule has 1 N–H and O–H groups in total. The first-order valence-electron chi connectivity index (χ1n) is 6.75. The van der Waals surface area contributed by atoms with Gasteiger partial charge in [-0.2, -0.15) is 5.10 Å². The molecule has 1 aliphatic carbocycles. The van der Waals surface area contributed by atoms with Crippen LogP contribution in [-0.4, -0.2) is 22.4 Å². The molecule has 0 radical (unpaired) electrons. The van der Waals surface area contributed by atoms with Crippen molar-refractivity contribution in [3.63, 3.8) is 0 Å². The maximum atomic E-state index is 4.49. The van der Waals surface area contributed by atoms with E-state index in [0.717, 1.165) is 18.9 Å².